The molecule has 158 valence electrons. The summed E-state index contributed by atoms with van der Waals surface area (Å²) >= 11 is 0. The van der Waals surface area contributed by atoms with Crippen LogP contribution in [0.25, 0.3) is 27.5 Å². The Bertz CT molecular complexity index is 1520. The summed E-state index contributed by atoms with van der Waals surface area (Å²) in [4.78, 5) is 0. The number of hydrogen-bond acceptors (Lipinski definition) is 1. The van der Waals surface area contributed by atoms with E-state index in [1.54, 1.807) is 0 Å². The molecule has 1 aliphatic rings. The van der Waals surface area contributed by atoms with E-state index in [1.165, 1.54) is 27.8 Å². The molecule has 1 heteroatoms. The lowest BCUT2D eigenvalue weighted by molar-refractivity contribution is 0.668. The van der Waals surface area contributed by atoms with Crippen LogP contribution in [0.3, 0.4) is 0 Å². The summed E-state index contributed by atoms with van der Waals surface area (Å²) in [7, 11) is 0. The van der Waals surface area contributed by atoms with Crippen molar-refractivity contribution >= 4 is 27.5 Å². The lowest BCUT2D eigenvalue weighted by Gasteiger charge is -2.34. The minimum atomic E-state index is -0.444. The van der Waals surface area contributed by atoms with Gasteiger partial charge in [0.15, 0.2) is 0 Å². The van der Waals surface area contributed by atoms with Crippen LogP contribution in [0.5, 0.6) is 0 Å². The summed E-state index contributed by atoms with van der Waals surface area (Å²) in [5, 5.41) is 2.30. The van der Waals surface area contributed by atoms with E-state index in [0.29, 0.717) is 0 Å². The van der Waals surface area contributed by atoms with Gasteiger partial charge in [0.1, 0.15) is 11.2 Å². The Morgan fingerprint density at radius 3 is 2.00 bits per heavy atom. The van der Waals surface area contributed by atoms with E-state index in [0.717, 1.165) is 27.5 Å². The molecule has 0 bridgehead atoms. The van der Waals surface area contributed by atoms with Gasteiger partial charge in [0.25, 0.3) is 0 Å². The van der Waals surface area contributed by atoms with Crippen LogP contribution in [-0.2, 0) is 5.41 Å². The molecule has 1 nitrogen and oxygen atoms in total. The molecule has 1 aromatic heterocycles. The summed E-state index contributed by atoms with van der Waals surface area (Å²) in [6.07, 6.45) is 6.41. The van der Waals surface area contributed by atoms with E-state index in [9.17, 15) is 0 Å². The van der Waals surface area contributed by atoms with Crippen LogP contribution in [0.15, 0.2) is 132 Å². The van der Waals surface area contributed by atoms with Crippen molar-refractivity contribution < 1.29 is 4.42 Å². The molecule has 0 spiro atoms. The first kappa shape index (κ1) is 19.6. The van der Waals surface area contributed by atoms with Crippen LogP contribution in [-0.4, -0.2) is 0 Å². The zero-order valence-electron chi connectivity index (χ0n) is 18.6. The standard InChI is InChI=1S/C32H24O/c1-3-13-26-24(4-2)30-27(20-21-29-31(30)25-18-11-12-19-28(25)33-29)32(26,22-14-7-5-8-15-22)23-16-9-6-10-17-23/h3-21H,2H2,1H3/b13-3-. The Labute approximate surface area is 194 Å². The second-order valence-electron chi connectivity index (χ2n) is 8.47. The van der Waals surface area contributed by atoms with Crippen LogP contribution in [0, 0.1) is 0 Å². The lowest BCUT2D eigenvalue weighted by atomic mass is 9.66. The zero-order valence-corrected chi connectivity index (χ0v) is 18.6. The second kappa shape index (κ2) is 7.50. The second-order valence-corrected chi connectivity index (χ2v) is 8.47. The normalized spacial score (nSPS) is 14.9. The fourth-order valence-corrected chi connectivity index (χ4v) is 5.65. The van der Waals surface area contributed by atoms with Gasteiger partial charge in [0.05, 0.1) is 5.41 Å². The number of fused-ring (bicyclic) bond motifs is 5. The van der Waals surface area contributed by atoms with Crippen molar-refractivity contribution in [2.75, 3.05) is 0 Å². The lowest BCUT2D eigenvalue weighted by Crippen LogP contribution is -2.29. The third kappa shape index (κ3) is 2.60. The monoisotopic (exact) mass is 424 g/mol. The molecule has 0 atom stereocenters. The first-order valence-corrected chi connectivity index (χ1v) is 11.4. The Hall–Kier alpha value is -4.10. The van der Waals surface area contributed by atoms with Gasteiger partial charge in [-0.05, 0) is 52.5 Å². The maximum absolute atomic E-state index is 6.27. The van der Waals surface area contributed by atoms with Gasteiger partial charge >= 0.3 is 0 Å². The molecule has 1 heterocycles. The van der Waals surface area contributed by atoms with Crippen LogP contribution in [0.1, 0.15) is 29.2 Å². The van der Waals surface area contributed by atoms with Gasteiger partial charge in [-0.15, -0.1) is 0 Å². The first-order valence-electron chi connectivity index (χ1n) is 11.4. The minimum Gasteiger partial charge on any atom is -0.456 e. The molecule has 4 aromatic carbocycles. The van der Waals surface area contributed by atoms with Crippen LogP contribution < -0.4 is 0 Å². The van der Waals surface area contributed by atoms with Gasteiger partial charge in [-0.2, -0.15) is 0 Å². The quantitative estimate of drug-likeness (QED) is 0.282. The van der Waals surface area contributed by atoms with Gasteiger partial charge in [0.2, 0.25) is 0 Å². The Balaban J connectivity index is 1.87. The number of hydrogen-bond donors (Lipinski definition) is 0. The van der Waals surface area contributed by atoms with Gasteiger partial charge in [-0.25, -0.2) is 0 Å². The topological polar surface area (TPSA) is 13.1 Å². The average Bonchev–Trinajstić information content (AvgIpc) is 3.38. The van der Waals surface area contributed by atoms with Crippen LogP contribution in [0.2, 0.25) is 0 Å². The highest BCUT2D eigenvalue weighted by atomic mass is 16.3. The third-order valence-corrected chi connectivity index (χ3v) is 6.86. The van der Waals surface area contributed by atoms with Crippen molar-refractivity contribution in [2.24, 2.45) is 0 Å². The van der Waals surface area contributed by atoms with E-state index in [4.69, 9.17) is 4.42 Å². The molecule has 0 unspecified atom stereocenters. The maximum Gasteiger partial charge on any atom is 0.136 e. The molecule has 5 aromatic rings. The van der Waals surface area contributed by atoms with Gasteiger partial charge in [-0.3, -0.25) is 0 Å². The van der Waals surface area contributed by atoms with Crippen molar-refractivity contribution in [1.82, 2.24) is 0 Å². The molecule has 0 N–H and O–H groups in total. The fraction of sp³-hybridized carbons (Fsp3) is 0.0625. The van der Waals surface area contributed by atoms with Crippen molar-refractivity contribution in [3.05, 3.63) is 150 Å². The zero-order chi connectivity index (χ0) is 22.4. The molecule has 0 fully saturated rings. The van der Waals surface area contributed by atoms with E-state index < -0.39 is 5.41 Å². The number of benzene rings is 4. The van der Waals surface area contributed by atoms with Crippen LogP contribution >= 0.6 is 0 Å². The molecule has 0 radical (unpaired) electrons. The first-order chi connectivity index (χ1) is 16.3. The summed E-state index contributed by atoms with van der Waals surface area (Å²) in [5.74, 6) is 0. The Morgan fingerprint density at radius 1 is 0.727 bits per heavy atom. The summed E-state index contributed by atoms with van der Waals surface area (Å²) < 4.78 is 6.27. The molecular weight excluding hydrogens is 400 g/mol. The molecule has 0 saturated carbocycles. The van der Waals surface area contributed by atoms with Gasteiger partial charge < -0.3 is 4.42 Å². The van der Waals surface area contributed by atoms with E-state index >= 15 is 0 Å². The smallest absolute Gasteiger partial charge is 0.136 e. The van der Waals surface area contributed by atoms with Gasteiger partial charge in [0, 0.05) is 10.8 Å². The van der Waals surface area contributed by atoms with Crippen molar-refractivity contribution in [3.8, 4) is 0 Å². The molecule has 0 amide bonds. The highest BCUT2D eigenvalue weighted by Gasteiger charge is 2.47. The SMILES string of the molecule is C=CC1=C(/C=C\C)C(c2ccccc2)(c2ccccc2)c2ccc3oc4ccccc4c3c21. The minimum absolute atomic E-state index is 0.444. The molecule has 0 aliphatic heterocycles. The van der Waals surface area contributed by atoms with Gasteiger partial charge in [-0.1, -0.05) is 110 Å². The predicted octanol–water partition coefficient (Wildman–Crippen LogP) is 8.45. The maximum atomic E-state index is 6.27. The Kier molecular flexibility index (Phi) is 4.45. The largest absolute Gasteiger partial charge is 0.456 e. The van der Waals surface area contributed by atoms with E-state index in [-0.39, 0.29) is 0 Å². The number of para-hydroxylation sites is 1. The average molecular weight is 425 g/mol. The highest BCUT2D eigenvalue weighted by Crippen LogP contribution is 2.57. The van der Waals surface area contributed by atoms with Crippen molar-refractivity contribution in [3.63, 3.8) is 0 Å². The molecule has 1 aliphatic carbocycles. The number of furan rings is 1. The van der Waals surface area contributed by atoms with E-state index in [1.807, 2.05) is 18.2 Å². The highest BCUT2D eigenvalue weighted by molar-refractivity contribution is 6.14. The molecule has 0 saturated heterocycles. The predicted molar refractivity (Wildman–Crippen MR) is 138 cm³/mol. The van der Waals surface area contributed by atoms with Crippen molar-refractivity contribution in [2.45, 2.75) is 12.3 Å². The summed E-state index contributed by atoms with van der Waals surface area (Å²) in [5.41, 5.74) is 8.75. The number of rotatable bonds is 4. The summed E-state index contributed by atoms with van der Waals surface area (Å²) in [6.45, 7) is 6.36. The van der Waals surface area contributed by atoms with Crippen LogP contribution in [0.4, 0.5) is 0 Å². The number of allylic oxidation sites excluding steroid dienone is 5. The third-order valence-electron chi connectivity index (χ3n) is 6.86. The fourth-order valence-electron chi connectivity index (χ4n) is 5.65. The van der Waals surface area contributed by atoms with Crippen molar-refractivity contribution in [1.29, 1.82) is 0 Å². The Morgan fingerprint density at radius 2 is 1.36 bits per heavy atom. The summed E-state index contributed by atoms with van der Waals surface area (Å²) in [6, 6.07) is 34.3. The van der Waals surface area contributed by atoms with E-state index in [2.05, 4.69) is 111 Å². The molecular formula is C32H24O. The molecule has 33 heavy (non-hydrogen) atoms. The molecule has 6 rings (SSSR count).